The molecule has 2 heterocycles. The monoisotopic (exact) mass is 546 g/mol. The zero-order chi connectivity index (χ0) is 28.1. The van der Waals surface area contributed by atoms with Gasteiger partial charge in [0.05, 0.1) is 11.5 Å². The van der Waals surface area contributed by atoms with E-state index >= 15 is 0 Å². The largest absolute Gasteiger partial charge is 0.408 e. The van der Waals surface area contributed by atoms with Crippen LogP contribution in [0.1, 0.15) is 30.1 Å². The molecular weight excluding hydrogens is 525 g/mol. The van der Waals surface area contributed by atoms with Gasteiger partial charge in [0.25, 0.3) is 5.91 Å². The second-order valence-corrected chi connectivity index (χ2v) is 9.18. The number of hydrogen-bond acceptors (Lipinski definition) is 5. The maximum atomic E-state index is 15.0. The topological polar surface area (TPSA) is 87.5 Å². The second-order valence-electron chi connectivity index (χ2n) is 9.18. The van der Waals surface area contributed by atoms with E-state index in [1.165, 1.54) is 14.0 Å². The summed E-state index contributed by atoms with van der Waals surface area (Å²) in [6.45, 7) is 1.26. The fourth-order valence-electron chi connectivity index (χ4n) is 4.18. The SMILES string of the molecule is C[C@H](O)CN(C)c1nc2c(cc1F)c(=O)c(C(=O)N[C@@H](C1CC1)C(F)(F)F)cn2-c1c(F)cc(F)cc1F. The lowest BCUT2D eigenvalue weighted by Crippen LogP contribution is -2.48. The molecular formula is C24H21F7N4O3. The van der Waals surface area contributed by atoms with E-state index in [0.717, 1.165) is 4.90 Å². The molecule has 0 unspecified atom stereocenters. The number of aliphatic hydroxyl groups excluding tert-OH is 1. The highest BCUT2D eigenvalue weighted by Crippen LogP contribution is 2.40. The Morgan fingerprint density at radius 1 is 1.16 bits per heavy atom. The highest BCUT2D eigenvalue weighted by Gasteiger charge is 2.50. The number of amides is 1. The van der Waals surface area contributed by atoms with Crippen LogP contribution in [0.4, 0.5) is 36.6 Å². The number of aliphatic hydroxyl groups is 1. The summed E-state index contributed by atoms with van der Waals surface area (Å²) in [5.74, 6) is -8.24. The first-order valence-corrected chi connectivity index (χ1v) is 11.4. The number of nitrogens with one attached hydrogen (secondary N) is 1. The van der Waals surface area contributed by atoms with Crippen molar-refractivity contribution < 1.29 is 40.6 Å². The number of halogens is 7. The number of likely N-dealkylation sites (N-methyl/N-ethyl adjacent to an activating group) is 1. The zero-order valence-corrected chi connectivity index (χ0v) is 19.9. The van der Waals surface area contributed by atoms with Crippen molar-refractivity contribution in [2.75, 3.05) is 18.5 Å². The van der Waals surface area contributed by atoms with Crippen LogP contribution in [0.5, 0.6) is 0 Å². The summed E-state index contributed by atoms with van der Waals surface area (Å²) in [5.41, 5.74) is -3.80. The second kappa shape index (κ2) is 9.89. The van der Waals surface area contributed by atoms with Crippen molar-refractivity contribution in [1.82, 2.24) is 14.9 Å². The maximum absolute atomic E-state index is 15.0. The van der Waals surface area contributed by atoms with Gasteiger partial charge in [-0.25, -0.2) is 22.5 Å². The molecule has 1 aliphatic rings. The van der Waals surface area contributed by atoms with Gasteiger partial charge in [-0.05, 0) is 31.7 Å². The molecule has 7 nitrogen and oxygen atoms in total. The molecule has 1 fully saturated rings. The van der Waals surface area contributed by atoms with Crippen LogP contribution in [0.15, 0.2) is 29.2 Å². The third kappa shape index (κ3) is 5.30. The van der Waals surface area contributed by atoms with E-state index in [2.05, 4.69) is 4.98 Å². The number of alkyl halides is 3. The Kier molecular flexibility index (Phi) is 7.12. The minimum Gasteiger partial charge on any atom is -0.392 e. The van der Waals surface area contributed by atoms with Crippen molar-refractivity contribution in [2.24, 2.45) is 5.92 Å². The standard InChI is InChI=1S/C24H21F7N4O3/c1-10(36)8-34(2)22-17(28)7-13-19(37)14(23(38)32-20(11-3-4-11)24(29,30)31)9-35(21(13)33-22)18-15(26)5-12(25)6-16(18)27/h5-7,9-11,20,36H,3-4,8H2,1-2H3,(H,32,38)/t10-,20-/m0/s1. The molecule has 4 rings (SSSR count). The molecule has 1 saturated carbocycles. The van der Waals surface area contributed by atoms with Crippen molar-refractivity contribution in [1.29, 1.82) is 0 Å². The molecule has 204 valence electrons. The van der Waals surface area contributed by atoms with Gasteiger partial charge in [0.1, 0.15) is 23.1 Å². The maximum Gasteiger partial charge on any atom is 0.408 e. The molecule has 0 saturated heterocycles. The molecule has 1 aromatic carbocycles. The summed E-state index contributed by atoms with van der Waals surface area (Å²) in [5, 5.41) is 10.7. The quantitative estimate of drug-likeness (QED) is 0.440. The number of hydrogen-bond donors (Lipinski definition) is 2. The van der Waals surface area contributed by atoms with Crippen LogP contribution in [0.25, 0.3) is 16.7 Å². The van der Waals surface area contributed by atoms with E-state index in [9.17, 15) is 45.4 Å². The van der Waals surface area contributed by atoms with Crippen LogP contribution in [0.3, 0.4) is 0 Å². The number of anilines is 1. The molecule has 1 aliphatic carbocycles. The van der Waals surface area contributed by atoms with Gasteiger partial charge in [0.2, 0.25) is 5.43 Å². The van der Waals surface area contributed by atoms with Crippen molar-refractivity contribution >= 4 is 22.8 Å². The summed E-state index contributed by atoms with van der Waals surface area (Å²) >= 11 is 0. The predicted octanol–water partition coefficient (Wildman–Crippen LogP) is 3.83. The van der Waals surface area contributed by atoms with Crippen molar-refractivity contribution in [3.8, 4) is 5.69 Å². The van der Waals surface area contributed by atoms with Crippen LogP contribution in [-0.4, -0.2) is 52.5 Å². The molecule has 38 heavy (non-hydrogen) atoms. The van der Waals surface area contributed by atoms with Crippen LogP contribution in [0, 0.1) is 29.2 Å². The number of nitrogens with zero attached hydrogens (tertiary/aromatic N) is 3. The molecule has 0 bridgehead atoms. The van der Waals surface area contributed by atoms with Gasteiger partial charge < -0.3 is 15.3 Å². The lowest BCUT2D eigenvalue weighted by Gasteiger charge is -2.23. The smallest absolute Gasteiger partial charge is 0.392 e. The number of fused-ring (bicyclic) bond motifs is 1. The fourth-order valence-corrected chi connectivity index (χ4v) is 4.18. The normalized spacial score (nSPS) is 15.4. The third-order valence-electron chi connectivity index (χ3n) is 6.01. The molecule has 1 amide bonds. The Labute approximate surface area is 210 Å². The van der Waals surface area contributed by atoms with E-state index in [1.54, 1.807) is 5.32 Å². The molecule has 0 radical (unpaired) electrons. The Morgan fingerprint density at radius 3 is 2.29 bits per heavy atom. The number of pyridine rings is 2. The first-order valence-electron chi connectivity index (χ1n) is 11.4. The van der Waals surface area contributed by atoms with Crippen LogP contribution < -0.4 is 15.6 Å². The van der Waals surface area contributed by atoms with Crippen molar-refractivity contribution in [3.63, 3.8) is 0 Å². The minimum atomic E-state index is -4.83. The van der Waals surface area contributed by atoms with Gasteiger partial charge in [0.15, 0.2) is 28.9 Å². The van der Waals surface area contributed by atoms with Gasteiger partial charge in [-0.1, -0.05) is 0 Å². The summed E-state index contributed by atoms with van der Waals surface area (Å²) < 4.78 is 99.1. The highest BCUT2D eigenvalue weighted by molar-refractivity contribution is 5.97. The van der Waals surface area contributed by atoms with Crippen LogP contribution in [-0.2, 0) is 0 Å². The average Bonchev–Trinajstić information content (AvgIpc) is 3.61. The summed E-state index contributed by atoms with van der Waals surface area (Å²) in [6, 6.07) is -1.05. The summed E-state index contributed by atoms with van der Waals surface area (Å²) in [7, 11) is 1.34. The van der Waals surface area contributed by atoms with E-state index in [4.69, 9.17) is 0 Å². The lowest BCUT2D eigenvalue weighted by atomic mass is 10.1. The predicted molar refractivity (Wildman–Crippen MR) is 122 cm³/mol. The zero-order valence-electron chi connectivity index (χ0n) is 19.9. The molecule has 2 N–H and O–H groups in total. The Bertz CT molecular complexity index is 1450. The van der Waals surface area contributed by atoms with Crippen molar-refractivity contribution in [2.45, 2.75) is 38.1 Å². The Balaban J connectivity index is 1.97. The summed E-state index contributed by atoms with van der Waals surface area (Å²) in [6.07, 6.45) is -4.83. The first-order chi connectivity index (χ1) is 17.7. The lowest BCUT2D eigenvalue weighted by molar-refractivity contribution is -0.158. The summed E-state index contributed by atoms with van der Waals surface area (Å²) in [4.78, 5) is 31.1. The van der Waals surface area contributed by atoms with Crippen LogP contribution >= 0.6 is 0 Å². The van der Waals surface area contributed by atoms with E-state index < -0.39 is 86.9 Å². The van der Waals surface area contributed by atoms with E-state index in [1.807, 2.05) is 0 Å². The van der Waals surface area contributed by atoms with Gasteiger partial charge in [-0.2, -0.15) is 13.2 Å². The Hall–Kier alpha value is -3.68. The molecule has 2 atom stereocenters. The molecule has 14 heteroatoms. The van der Waals surface area contributed by atoms with E-state index in [0.29, 0.717) is 29.0 Å². The van der Waals surface area contributed by atoms with Gasteiger partial charge >= 0.3 is 6.18 Å². The number of benzene rings is 1. The first kappa shape index (κ1) is 27.4. The van der Waals surface area contributed by atoms with Gasteiger partial charge in [-0.3, -0.25) is 14.2 Å². The molecule has 3 aromatic rings. The fraction of sp³-hybridized carbons (Fsp3) is 0.375. The molecule has 2 aromatic heterocycles. The van der Waals surface area contributed by atoms with Crippen LogP contribution in [0.2, 0.25) is 0 Å². The molecule has 0 spiro atoms. The average molecular weight is 546 g/mol. The number of rotatable bonds is 7. The highest BCUT2D eigenvalue weighted by atomic mass is 19.4. The molecule has 0 aliphatic heterocycles. The minimum absolute atomic E-state index is 0.139. The number of carbonyl (C=O) groups is 1. The number of carbonyl (C=O) groups excluding carboxylic acids is 1. The van der Waals surface area contributed by atoms with Gasteiger partial charge in [-0.15, -0.1) is 0 Å². The Morgan fingerprint density at radius 2 is 1.76 bits per heavy atom. The van der Waals surface area contributed by atoms with Gasteiger partial charge in [0, 0.05) is 31.9 Å². The van der Waals surface area contributed by atoms with Crippen molar-refractivity contribution in [3.05, 3.63) is 63.5 Å². The van der Waals surface area contributed by atoms with E-state index in [-0.39, 0.29) is 19.4 Å². The third-order valence-corrected chi connectivity index (χ3v) is 6.01. The number of aromatic nitrogens is 2.